The number of aromatic nitrogens is 2. The van der Waals surface area contributed by atoms with Crippen LogP contribution in [0.15, 0.2) is 59.5 Å². The van der Waals surface area contributed by atoms with Gasteiger partial charge in [0.25, 0.3) is 0 Å². The Bertz CT molecular complexity index is 1190. The smallest absolute Gasteiger partial charge is 0.188 e. The van der Waals surface area contributed by atoms with Gasteiger partial charge in [0.15, 0.2) is 5.43 Å². The van der Waals surface area contributed by atoms with Crippen LogP contribution < -0.4 is 10.2 Å². The van der Waals surface area contributed by atoms with E-state index >= 15 is 0 Å². The van der Waals surface area contributed by atoms with Crippen molar-refractivity contribution in [1.29, 1.82) is 0 Å². The molecule has 2 aromatic carbocycles. The average molecular weight is 344 g/mol. The van der Waals surface area contributed by atoms with E-state index in [0.29, 0.717) is 12.0 Å². The van der Waals surface area contributed by atoms with E-state index in [-0.39, 0.29) is 5.43 Å². The summed E-state index contributed by atoms with van der Waals surface area (Å²) in [6.07, 6.45) is 1.80. The fourth-order valence-electron chi connectivity index (χ4n) is 3.74. The third-order valence-electron chi connectivity index (χ3n) is 4.78. The standard InChI is InChI=1S/C22H20N2O2/c1-4-26-19-12-6-11-18(25)20-14(2)24(15(3)21(19)20)17-10-5-8-16-9-7-13-23-22(16)17/h5-13H,4H2,1-3H3. The SMILES string of the molecule is CCOc1cccc(=O)c2c(C)n(-c3cccc4cccnc34)c(C)c12. The Labute approximate surface area is 151 Å². The van der Waals surface area contributed by atoms with Crippen molar-refractivity contribution in [2.24, 2.45) is 0 Å². The van der Waals surface area contributed by atoms with E-state index in [9.17, 15) is 4.79 Å². The first kappa shape index (κ1) is 16.3. The van der Waals surface area contributed by atoms with E-state index in [1.165, 1.54) is 0 Å². The zero-order chi connectivity index (χ0) is 18.3. The zero-order valence-electron chi connectivity index (χ0n) is 15.1. The summed E-state index contributed by atoms with van der Waals surface area (Å²) in [4.78, 5) is 17.3. The Hall–Kier alpha value is -3.14. The molecule has 2 heterocycles. The minimum atomic E-state index is -0.00139. The number of para-hydroxylation sites is 1. The molecular weight excluding hydrogens is 324 g/mol. The highest BCUT2D eigenvalue weighted by molar-refractivity contribution is 5.95. The van der Waals surface area contributed by atoms with Crippen molar-refractivity contribution in [2.45, 2.75) is 20.8 Å². The van der Waals surface area contributed by atoms with Gasteiger partial charge in [-0.05, 0) is 45.0 Å². The molecule has 130 valence electrons. The third-order valence-corrected chi connectivity index (χ3v) is 4.78. The maximum Gasteiger partial charge on any atom is 0.188 e. The first-order valence-electron chi connectivity index (χ1n) is 8.75. The van der Waals surface area contributed by atoms with E-state index in [4.69, 9.17) is 4.74 Å². The minimum absolute atomic E-state index is 0.00139. The molecule has 0 spiro atoms. The van der Waals surface area contributed by atoms with Crippen molar-refractivity contribution in [3.63, 3.8) is 0 Å². The molecule has 4 nitrogen and oxygen atoms in total. The molecule has 0 saturated carbocycles. The number of ether oxygens (including phenoxy) is 1. The molecule has 0 saturated heterocycles. The number of hydrogen-bond acceptors (Lipinski definition) is 3. The molecule has 4 rings (SSSR count). The summed E-state index contributed by atoms with van der Waals surface area (Å²) in [7, 11) is 0. The van der Waals surface area contributed by atoms with Crippen molar-refractivity contribution in [3.05, 3.63) is 76.3 Å². The van der Waals surface area contributed by atoms with Crippen molar-refractivity contribution in [3.8, 4) is 11.4 Å². The summed E-state index contributed by atoms with van der Waals surface area (Å²) in [5.41, 5.74) is 3.76. The topological polar surface area (TPSA) is 44.1 Å². The maximum atomic E-state index is 12.7. The van der Waals surface area contributed by atoms with E-state index in [2.05, 4.69) is 9.55 Å². The maximum absolute atomic E-state index is 12.7. The van der Waals surface area contributed by atoms with Crippen molar-refractivity contribution in [1.82, 2.24) is 9.55 Å². The highest BCUT2D eigenvalue weighted by Crippen LogP contribution is 2.34. The Morgan fingerprint density at radius 1 is 0.962 bits per heavy atom. The summed E-state index contributed by atoms with van der Waals surface area (Å²) in [6.45, 7) is 6.50. The van der Waals surface area contributed by atoms with Crippen LogP contribution in [0.5, 0.6) is 5.75 Å². The van der Waals surface area contributed by atoms with Gasteiger partial charge in [-0.2, -0.15) is 0 Å². The normalized spacial score (nSPS) is 11.2. The molecule has 4 heteroatoms. The van der Waals surface area contributed by atoms with Crippen LogP contribution >= 0.6 is 0 Å². The predicted octanol–water partition coefficient (Wildman–Crippen LogP) is 4.55. The summed E-state index contributed by atoms with van der Waals surface area (Å²) in [5, 5.41) is 2.63. The summed E-state index contributed by atoms with van der Waals surface area (Å²) in [5.74, 6) is 0.733. The number of fused-ring (bicyclic) bond motifs is 2. The van der Waals surface area contributed by atoms with Gasteiger partial charge in [0.2, 0.25) is 0 Å². The lowest BCUT2D eigenvalue weighted by Crippen LogP contribution is -2.02. The van der Waals surface area contributed by atoms with Crippen molar-refractivity contribution < 1.29 is 4.74 Å². The van der Waals surface area contributed by atoms with E-state index in [0.717, 1.165) is 39.1 Å². The van der Waals surface area contributed by atoms with E-state index in [1.54, 1.807) is 18.3 Å². The number of nitrogens with zero attached hydrogens (tertiary/aromatic N) is 2. The van der Waals surface area contributed by atoms with Gasteiger partial charge in [-0.3, -0.25) is 9.78 Å². The van der Waals surface area contributed by atoms with Crippen LogP contribution in [0.3, 0.4) is 0 Å². The zero-order valence-corrected chi connectivity index (χ0v) is 15.1. The molecule has 0 fully saturated rings. The molecule has 0 atom stereocenters. The van der Waals surface area contributed by atoms with Gasteiger partial charge >= 0.3 is 0 Å². The molecule has 26 heavy (non-hydrogen) atoms. The number of benzene rings is 1. The lowest BCUT2D eigenvalue weighted by atomic mass is 10.2. The Morgan fingerprint density at radius 2 is 1.69 bits per heavy atom. The van der Waals surface area contributed by atoms with Crippen LogP contribution in [0.4, 0.5) is 0 Å². The Morgan fingerprint density at radius 3 is 2.50 bits per heavy atom. The van der Waals surface area contributed by atoms with Crippen LogP contribution in [0.2, 0.25) is 0 Å². The molecule has 0 radical (unpaired) electrons. The highest BCUT2D eigenvalue weighted by Gasteiger charge is 2.19. The number of aryl methyl sites for hydroxylation is 2. The predicted molar refractivity (Wildman–Crippen MR) is 105 cm³/mol. The molecule has 0 N–H and O–H groups in total. The second-order valence-electron chi connectivity index (χ2n) is 6.30. The molecular formula is C22H20N2O2. The van der Waals surface area contributed by atoms with Crippen molar-refractivity contribution >= 4 is 21.7 Å². The van der Waals surface area contributed by atoms with E-state index < -0.39 is 0 Å². The van der Waals surface area contributed by atoms with Crippen LogP contribution in [0.25, 0.3) is 27.4 Å². The first-order valence-corrected chi connectivity index (χ1v) is 8.75. The van der Waals surface area contributed by atoms with Gasteiger partial charge in [-0.25, -0.2) is 0 Å². The van der Waals surface area contributed by atoms with Gasteiger partial charge in [0.05, 0.1) is 23.2 Å². The van der Waals surface area contributed by atoms with Crippen molar-refractivity contribution in [2.75, 3.05) is 6.61 Å². The molecule has 0 aliphatic heterocycles. The highest BCUT2D eigenvalue weighted by atomic mass is 16.5. The second kappa shape index (κ2) is 6.30. The van der Waals surface area contributed by atoms with Gasteiger partial charge in [-0.15, -0.1) is 0 Å². The molecule has 0 aliphatic carbocycles. The number of hydrogen-bond donors (Lipinski definition) is 0. The van der Waals surface area contributed by atoms with Gasteiger partial charge < -0.3 is 9.30 Å². The van der Waals surface area contributed by atoms with Crippen LogP contribution in [-0.4, -0.2) is 16.2 Å². The number of pyridine rings is 1. The first-order chi connectivity index (χ1) is 12.6. The monoisotopic (exact) mass is 344 g/mol. The Balaban J connectivity index is 2.17. The Kier molecular flexibility index (Phi) is 3.96. The van der Waals surface area contributed by atoms with Crippen LogP contribution in [0, 0.1) is 13.8 Å². The molecule has 2 aromatic heterocycles. The summed E-state index contributed by atoms with van der Waals surface area (Å²) in [6, 6.07) is 15.3. The molecule has 4 aromatic rings. The fourth-order valence-corrected chi connectivity index (χ4v) is 3.74. The largest absolute Gasteiger partial charge is 0.493 e. The van der Waals surface area contributed by atoms with Gasteiger partial charge in [0, 0.05) is 28.4 Å². The number of rotatable bonds is 3. The molecule has 0 amide bonds. The van der Waals surface area contributed by atoms with E-state index in [1.807, 2.05) is 57.2 Å². The van der Waals surface area contributed by atoms with Crippen LogP contribution in [-0.2, 0) is 0 Å². The average Bonchev–Trinajstić information content (AvgIpc) is 2.79. The fraction of sp³-hybridized carbons (Fsp3) is 0.182. The second-order valence-corrected chi connectivity index (χ2v) is 6.30. The quantitative estimate of drug-likeness (QED) is 0.547. The van der Waals surface area contributed by atoms with Gasteiger partial charge in [0.1, 0.15) is 5.75 Å². The minimum Gasteiger partial charge on any atom is -0.493 e. The third kappa shape index (κ3) is 2.37. The van der Waals surface area contributed by atoms with Crippen LogP contribution in [0.1, 0.15) is 18.3 Å². The lowest BCUT2D eigenvalue weighted by Gasteiger charge is -2.12. The molecule has 0 bridgehead atoms. The summed E-state index contributed by atoms with van der Waals surface area (Å²) < 4.78 is 7.95. The molecule has 0 aliphatic rings. The molecule has 0 unspecified atom stereocenters. The summed E-state index contributed by atoms with van der Waals surface area (Å²) >= 11 is 0. The van der Waals surface area contributed by atoms with Gasteiger partial charge in [-0.1, -0.05) is 24.3 Å². The lowest BCUT2D eigenvalue weighted by molar-refractivity contribution is 0.344.